The Morgan fingerprint density at radius 3 is 2.46 bits per heavy atom. The lowest BCUT2D eigenvalue weighted by Crippen LogP contribution is -2.65. The van der Waals surface area contributed by atoms with Crippen LogP contribution in [0.25, 0.3) is 17.0 Å². The highest BCUT2D eigenvalue weighted by Gasteiger charge is 2.64. The zero-order valence-electron chi connectivity index (χ0n) is 20.5. The summed E-state index contributed by atoms with van der Waals surface area (Å²) in [4.78, 5) is 45.1. The molecule has 2 aromatic rings. The van der Waals surface area contributed by atoms with E-state index in [-0.39, 0.29) is 29.7 Å². The molecule has 0 bridgehead atoms. The van der Waals surface area contributed by atoms with Gasteiger partial charge in [-0.15, -0.1) is 0 Å². The van der Waals surface area contributed by atoms with Gasteiger partial charge in [0.05, 0.1) is 17.3 Å². The Kier molecular flexibility index (Phi) is 5.50. The second kappa shape index (κ2) is 8.25. The van der Waals surface area contributed by atoms with E-state index in [0.29, 0.717) is 16.8 Å². The van der Waals surface area contributed by atoms with Gasteiger partial charge in [-0.3, -0.25) is 24.3 Å². The molecule has 192 valence electrons. The van der Waals surface area contributed by atoms with Gasteiger partial charge in [0.25, 0.3) is 5.91 Å². The van der Waals surface area contributed by atoms with Crippen LogP contribution in [0, 0.1) is 18.8 Å². The summed E-state index contributed by atoms with van der Waals surface area (Å²) >= 11 is 0. The number of benzene rings is 1. The van der Waals surface area contributed by atoms with Crippen molar-refractivity contribution in [3.8, 4) is 17.0 Å². The zero-order valence-corrected chi connectivity index (χ0v) is 20.5. The third-order valence-electron chi connectivity index (χ3n) is 7.77. The van der Waals surface area contributed by atoms with Gasteiger partial charge < -0.3 is 26.2 Å². The van der Waals surface area contributed by atoms with E-state index in [4.69, 9.17) is 5.73 Å². The van der Waals surface area contributed by atoms with Crippen LogP contribution in [0.1, 0.15) is 23.2 Å². The van der Waals surface area contributed by atoms with E-state index in [2.05, 4.69) is 4.98 Å². The van der Waals surface area contributed by atoms with Crippen LogP contribution in [0.15, 0.2) is 47.2 Å². The number of fused-ring (bicyclic) bond motifs is 3. The second-order valence-corrected chi connectivity index (χ2v) is 10.1. The monoisotopic (exact) mass is 505 g/mol. The van der Waals surface area contributed by atoms with Crippen LogP contribution in [-0.4, -0.2) is 73.5 Å². The molecule has 0 radical (unpaired) electrons. The molecule has 1 saturated carbocycles. The first kappa shape index (κ1) is 24.7. The highest BCUT2D eigenvalue weighted by atomic mass is 16.3. The fourth-order valence-corrected chi connectivity index (χ4v) is 6.18. The lowest BCUT2D eigenvalue weighted by atomic mass is 9.57. The maximum atomic E-state index is 13.9. The van der Waals surface area contributed by atoms with Crippen molar-refractivity contribution in [1.29, 1.82) is 0 Å². The number of aryl methyl sites for hydroxylation is 1. The Morgan fingerprint density at radius 1 is 1.14 bits per heavy atom. The Labute approximate surface area is 212 Å². The van der Waals surface area contributed by atoms with Crippen LogP contribution < -0.4 is 5.73 Å². The Bertz CT molecular complexity index is 1460. The van der Waals surface area contributed by atoms with Gasteiger partial charge in [0, 0.05) is 22.7 Å². The second-order valence-electron chi connectivity index (χ2n) is 10.1. The fraction of sp³-hybridized carbons (Fsp3) is 0.333. The lowest BCUT2D eigenvalue weighted by Gasteiger charge is -2.50. The van der Waals surface area contributed by atoms with Crippen LogP contribution >= 0.6 is 0 Å². The maximum Gasteiger partial charge on any atom is 0.255 e. The predicted molar refractivity (Wildman–Crippen MR) is 132 cm³/mol. The Morgan fingerprint density at radius 2 is 1.84 bits per heavy atom. The minimum atomic E-state index is -2.66. The van der Waals surface area contributed by atoms with Gasteiger partial charge in [0.1, 0.15) is 22.8 Å². The molecule has 5 rings (SSSR count). The van der Waals surface area contributed by atoms with E-state index in [1.54, 1.807) is 26.2 Å². The quantitative estimate of drug-likeness (QED) is 0.386. The van der Waals surface area contributed by atoms with Gasteiger partial charge in [-0.1, -0.05) is 6.07 Å². The van der Waals surface area contributed by atoms with Gasteiger partial charge in [-0.05, 0) is 69.6 Å². The van der Waals surface area contributed by atoms with Crippen molar-refractivity contribution in [2.45, 2.75) is 31.4 Å². The molecule has 3 aliphatic rings. The first-order chi connectivity index (χ1) is 17.4. The third-order valence-corrected chi connectivity index (χ3v) is 7.77. The van der Waals surface area contributed by atoms with E-state index in [9.17, 15) is 34.8 Å². The minimum absolute atomic E-state index is 0.0299. The number of nitrogens with two attached hydrogens (primary N) is 1. The smallest absolute Gasteiger partial charge is 0.255 e. The number of Topliss-reactive ketones (excluding diaryl/α,β-unsaturated/α-hetero) is 2. The number of amides is 1. The highest BCUT2D eigenvalue weighted by Crippen LogP contribution is 2.53. The number of aromatic hydroxyl groups is 1. The molecule has 0 spiro atoms. The van der Waals surface area contributed by atoms with E-state index in [1.165, 1.54) is 11.0 Å². The van der Waals surface area contributed by atoms with Gasteiger partial charge in [-0.25, -0.2) is 0 Å². The number of primary amides is 1. The third kappa shape index (κ3) is 3.32. The number of likely N-dealkylation sites (N-methyl/N-ethyl adjacent to an activating group) is 1. The molecule has 1 aromatic heterocycles. The van der Waals surface area contributed by atoms with Crippen molar-refractivity contribution in [3.63, 3.8) is 0 Å². The molecule has 10 heteroatoms. The van der Waals surface area contributed by atoms with Crippen molar-refractivity contribution in [1.82, 2.24) is 9.88 Å². The van der Waals surface area contributed by atoms with E-state index < -0.39 is 58.0 Å². The Hall–Kier alpha value is -4.02. The van der Waals surface area contributed by atoms with Gasteiger partial charge in [-0.2, -0.15) is 0 Å². The number of carbonyl (C=O) groups is 3. The standard InChI is InChI=1S/C27H27N3O7/c1-11-5-4-6-16(29-11)13-7-8-17(31)19-14(13)9-12-10-15-21(30(2)3)23(33)20(26(28)36)25(35)27(15,37)24(34)18(12)22(19)32/h4-8,12,15,21,31-32,35,37H,9-10H2,1-3H3,(H2,28,36)/t12-,15-,21-,27-/m0/s1. The number of phenolic OH excluding ortho intramolecular Hbond substituents is 1. The normalized spacial score (nSPS) is 27.2. The van der Waals surface area contributed by atoms with Gasteiger partial charge >= 0.3 is 0 Å². The number of nitrogens with zero attached hydrogens (tertiary/aromatic N) is 2. The summed E-state index contributed by atoms with van der Waals surface area (Å²) < 4.78 is 0. The zero-order chi connectivity index (χ0) is 27.0. The number of rotatable bonds is 3. The van der Waals surface area contributed by atoms with Crippen LogP contribution in [0.2, 0.25) is 0 Å². The van der Waals surface area contributed by atoms with Crippen LogP contribution in [-0.2, 0) is 20.8 Å². The molecular formula is C27H27N3O7. The molecule has 3 aliphatic carbocycles. The molecule has 0 aliphatic heterocycles. The van der Waals surface area contributed by atoms with Crippen molar-refractivity contribution in [3.05, 3.63) is 64.1 Å². The molecule has 1 amide bonds. The molecule has 4 atom stereocenters. The van der Waals surface area contributed by atoms with E-state index in [1.807, 2.05) is 19.1 Å². The summed E-state index contributed by atoms with van der Waals surface area (Å²) in [6.45, 7) is 1.84. The van der Waals surface area contributed by atoms with Crippen molar-refractivity contribution < 1.29 is 34.8 Å². The summed E-state index contributed by atoms with van der Waals surface area (Å²) in [5.74, 6) is -6.75. The van der Waals surface area contributed by atoms with Crippen molar-refractivity contribution in [2.24, 2.45) is 17.6 Å². The molecule has 1 heterocycles. The van der Waals surface area contributed by atoms with Gasteiger partial charge in [0.15, 0.2) is 11.4 Å². The van der Waals surface area contributed by atoms with Crippen molar-refractivity contribution >= 4 is 23.2 Å². The fourth-order valence-electron chi connectivity index (χ4n) is 6.18. The number of pyridine rings is 1. The average molecular weight is 506 g/mol. The van der Waals surface area contributed by atoms with Crippen LogP contribution in [0.5, 0.6) is 5.75 Å². The molecular weight excluding hydrogens is 478 g/mol. The van der Waals surface area contributed by atoms with E-state index in [0.717, 1.165) is 5.69 Å². The first-order valence-electron chi connectivity index (χ1n) is 11.8. The lowest BCUT2D eigenvalue weighted by molar-refractivity contribution is -0.153. The predicted octanol–water partition coefficient (Wildman–Crippen LogP) is 1.33. The maximum absolute atomic E-state index is 13.9. The van der Waals surface area contributed by atoms with Crippen LogP contribution in [0.3, 0.4) is 0 Å². The molecule has 0 saturated heterocycles. The topological polar surface area (TPSA) is 174 Å². The molecule has 6 N–H and O–H groups in total. The molecule has 37 heavy (non-hydrogen) atoms. The largest absolute Gasteiger partial charge is 0.508 e. The number of ketones is 2. The average Bonchev–Trinajstić information content (AvgIpc) is 2.81. The SMILES string of the molecule is Cc1cccc(-c2ccc(O)c3c2C[C@H]2C[C@H]4[C@H](N(C)C)C(=O)C(C(N)=O)=C(O)[C@@]4(O)C(=O)C2=C3O)n1. The molecule has 0 unspecified atom stereocenters. The molecule has 1 aromatic carbocycles. The summed E-state index contributed by atoms with van der Waals surface area (Å²) in [6.07, 6.45) is 0.232. The number of aliphatic hydroxyl groups is 3. The summed E-state index contributed by atoms with van der Waals surface area (Å²) in [7, 11) is 3.12. The number of hydrogen-bond donors (Lipinski definition) is 5. The number of phenols is 1. The minimum Gasteiger partial charge on any atom is -0.508 e. The highest BCUT2D eigenvalue weighted by molar-refractivity contribution is 6.24. The number of aromatic nitrogens is 1. The van der Waals surface area contributed by atoms with Crippen LogP contribution in [0.4, 0.5) is 0 Å². The summed E-state index contributed by atoms with van der Waals surface area (Å²) in [5.41, 5.74) is 4.34. The first-order valence-corrected chi connectivity index (χ1v) is 11.8. The number of hydrogen-bond acceptors (Lipinski definition) is 9. The molecule has 1 fully saturated rings. The number of aliphatic hydroxyl groups excluding tert-OH is 2. The summed E-state index contributed by atoms with van der Waals surface area (Å²) in [5, 5.41) is 44.6. The summed E-state index contributed by atoms with van der Waals surface area (Å²) in [6, 6.07) is 7.44. The molecule has 10 nitrogen and oxygen atoms in total. The van der Waals surface area contributed by atoms with E-state index >= 15 is 0 Å². The van der Waals surface area contributed by atoms with Crippen molar-refractivity contribution in [2.75, 3.05) is 14.1 Å². The Balaban J connectivity index is 1.75. The number of carbonyl (C=O) groups excluding carboxylic acids is 3. The van der Waals surface area contributed by atoms with Gasteiger partial charge in [0.2, 0.25) is 5.78 Å².